The van der Waals surface area contributed by atoms with Gasteiger partial charge in [-0.05, 0) is 68.1 Å². The van der Waals surface area contributed by atoms with E-state index in [1.807, 2.05) is 0 Å². The number of hydrogen-bond acceptors (Lipinski definition) is 7. The second-order valence-corrected chi connectivity index (χ2v) is 11.0. The monoisotopic (exact) mass is 547 g/mol. The summed E-state index contributed by atoms with van der Waals surface area (Å²) in [5.74, 6) is -1.28. The van der Waals surface area contributed by atoms with Crippen molar-refractivity contribution in [2.45, 2.75) is 31.1 Å². The maximum atomic E-state index is 13.2. The number of benzene rings is 2. The lowest BCUT2D eigenvalue weighted by Crippen LogP contribution is -2.32. The van der Waals surface area contributed by atoms with E-state index in [2.05, 4.69) is 15.4 Å². The Morgan fingerprint density at radius 3 is 2.47 bits per heavy atom. The molecule has 0 aliphatic heterocycles. The SMILES string of the molecule is CCOC(=O)NC(=O)c1c(NC(=O)c2ccccc2NS(=O)(=O)c2ccc(Cl)cc2)sc2c1CCC2. The lowest BCUT2D eigenvalue weighted by atomic mass is 10.1. The van der Waals surface area contributed by atoms with Crippen molar-refractivity contribution in [3.63, 3.8) is 0 Å². The standard InChI is InChI=1S/C24H22ClN3O6S2/c1-2-34-24(31)27-22(30)20-17-7-5-9-19(17)35-23(20)26-21(29)16-6-3-4-8-18(16)28-36(32,33)15-12-10-14(25)11-13-15/h3-4,6,8,10-13,28H,2,5,7,9H2,1H3,(H,26,29)(H,27,30,31). The van der Waals surface area contributed by atoms with Gasteiger partial charge in [-0.3, -0.25) is 19.6 Å². The highest BCUT2D eigenvalue weighted by atomic mass is 35.5. The molecule has 9 nitrogen and oxygen atoms in total. The van der Waals surface area contributed by atoms with Crippen LogP contribution < -0.4 is 15.4 Å². The minimum Gasteiger partial charge on any atom is -0.450 e. The van der Waals surface area contributed by atoms with Gasteiger partial charge in [0.05, 0.1) is 28.3 Å². The summed E-state index contributed by atoms with van der Waals surface area (Å²) < 4.78 is 33.0. The quantitative estimate of drug-likeness (QED) is 0.388. The number of anilines is 2. The fourth-order valence-electron chi connectivity index (χ4n) is 3.81. The topological polar surface area (TPSA) is 131 Å². The summed E-state index contributed by atoms with van der Waals surface area (Å²) in [6, 6.07) is 11.7. The molecule has 1 heterocycles. The van der Waals surface area contributed by atoms with Crippen LogP contribution in [0.5, 0.6) is 0 Å². The maximum Gasteiger partial charge on any atom is 0.414 e. The molecule has 0 unspecified atom stereocenters. The van der Waals surface area contributed by atoms with Crippen LogP contribution in [0.15, 0.2) is 53.4 Å². The van der Waals surface area contributed by atoms with Crippen LogP contribution in [0.2, 0.25) is 5.02 Å². The molecule has 0 saturated heterocycles. The van der Waals surface area contributed by atoms with Crippen LogP contribution in [0.3, 0.4) is 0 Å². The third kappa shape index (κ3) is 5.53. The van der Waals surface area contributed by atoms with Crippen molar-refractivity contribution in [1.82, 2.24) is 5.32 Å². The predicted octanol–water partition coefficient (Wildman–Crippen LogP) is 4.83. The van der Waals surface area contributed by atoms with Crippen LogP contribution in [-0.4, -0.2) is 32.9 Å². The van der Waals surface area contributed by atoms with Gasteiger partial charge < -0.3 is 10.1 Å². The molecular formula is C24H22ClN3O6S2. The van der Waals surface area contributed by atoms with E-state index < -0.39 is 27.9 Å². The van der Waals surface area contributed by atoms with Crippen LogP contribution >= 0.6 is 22.9 Å². The lowest BCUT2D eigenvalue weighted by Gasteiger charge is -2.13. The largest absolute Gasteiger partial charge is 0.450 e. The van der Waals surface area contributed by atoms with E-state index in [0.29, 0.717) is 11.4 Å². The summed E-state index contributed by atoms with van der Waals surface area (Å²) in [6.07, 6.45) is 1.39. The molecule has 0 spiro atoms. The molecule has 0 bridgehead atoms. The summed E-state index contributed by atoms with van der Waals surface area (Å²) in [5.41, 5.74) is 1.12. The summed E-state index contributed by atoms with van der Waals surface area (Å²) in [4.78, 5) is 38.9. The number of alkyl carbamates (subject to hydrolysis) is 1. The van der Waals surface area contributed by atoms with E-state index in [1.54, 1.807) is 19.1 Å². The smallest absolute Gasteiger partial charge is 0.414 e. The minimum atomic E-state index is -4.00. The number of sulfonamides is 1. The van der Waals surface area contributed by atoms with Gasteiger partial charge in [-0.1, -0.05) is 23.7 Å². The van der Waals surface area contributed by atoms with E-state index in [4.69, 9.17) is 16.3 Å². The summed E-state index contributed by atoms with van der Waals surface area (Å²) >= 11 is 7.11. The predicted molar refractivity (Wildman–Crippen MR) is 137 cm³/mol. The van der Waals surface area contributed by atoms with Gasteiger partial charge >= 0.3 is 6.09 Å². The molecule has 0 fully saturated rings. The zero-order valence-corrected chi connectivity index (χ0v) is 21.5. The molecule has 0 saturated carbocycles. The number of aryl methyl sites for hydroxylation is 1. The number of ether oxygens (including phenoxy) is 1. The summed E-state index contributed by atoms with van der Waals surface area (Å²) in [5, 5.41) is 5.58. The Morgan fingerprint density at radius 2 is 1.75 bits per heavy atom. The van der Waals surface area contributed by atoms with Crippen LogP contribution in [-0.2, 0) is 27.6 Å². The zero-order valence-electron chi connectivity index (χ0n) is 19.1. The molecule has 4 rings (SSSR count). The molecule has 3 amide bonds. The van der Waals surface area contributed by atoms with Crippen molar-refractivity contribution < 1.29 is 27.5 Å². The molecule has 3 N–H and O–H groups in total. The third-order valence-corrected chi connectivity index (χ3v) is 8.25. The van der Waals surface area contributed by atoms with Crippen LogP contribution in [0.4, 0.5) is 15.5 Å². The first-order valence-electron chi connectivity index (χ1n) is 11.0. The fraction of sp³-hybridized carbons (Fsp3) is 0.208. The number of amides is 3. The number of thiophene rings is 1. The molecule has 36 heavy (non-hydrogen) atoms. The summed E-state index contributed by atoms with van der Waals surface area (Å²) in [6.45, 7) is 1.73. The van der Waals surface area contributed by atoms with Crippen molar-refractivity contribution in [1.29, 1.82) is 0 Å². The number of para-hydroxylation sites is 1. The minimum absolute atomic E-state index is 0.0188. The van der Waals surface area contributed by atoms with Crippen molar-refractivity contribution in [2.75, 3.05) is 16.6 Å². The molecule has 3 aromatic rings. The van der Waals surface area contributed by atoms with Crippen molar-refractivity contribution >= 4 is 61.6 Å². The molecule has 188 valence electrons. The second-order valence-electron chi connectivity index (χ2n) is 7.80. The Labute approximate surface area is 216 Å². The van der Waals surface area contributed by atoms with Gasteiger partial charge in [0.2, 0.25) is 0 Å². The van der Waals surface area contributed by atoms with Crippen LogP contribution in [0, 0.1) is 0 Å². The Kier molecular flexibility index (Phi) is 7.62. The van der Waals surface area contributed by atoms with Crippen LogP contribution in [0.25, 0.3) is 0 Å². The van der Waals surface area contributed by atoms with E-state index in [9.17, 15) is 22.8 Å². The van der Waals surface area contributed by atoms with E-state index in [-0.39, 0.29) is 33.3 Å². The van der Waals surface area contributed by atoms with E-state index in [1.165, 1.54) is 47.7 Å². The average Bonchev–Trinajstić information content (AvgIpc) is 3.40. The maximum absolute atomic E-state index is 13.2. The Balaban J connectivity index is 1.61. The Bertz CT molecular complexity index is 1430. The number of nitrogens with one attached hydrogen (secondary N) is 3. The summed E-state index contributed by atoms with van der Waals surface area (Å²) in [7, 11) is -4.00. The third-order valence-electron chi connectivity index (χ3n) is 5.41. The molecule has 1 aliphatic carbocycles. The molecule has 0 radical (unpaired) electrons. The Morgan fingerprint density at radius 1 is 1.03 bits per heavy atom. The average molecular weight is 548 g/mol. The normalized spacial score (nSPS) is 12.5. The second kappa shape index (κ2) is 10.7. The Hall–Kier alpha value is -3.41. The van der Waals surface area contributed by atoms with Gasteiger partial charge in [0.15, 0.2) is 0 Å². The number of fused-ring (bicyclic) bond motifs is 1. The highest BCUT2D eigenvalue weighted by molar-refractivity contribution is 7.92. The van der Waals surface area contributed by atoms with Gasteiger partial charge in [0.25, 0.3) is 21.8 Å². The number of hydrogen-bond donors (Lipinski definition) is 3. The van der Waals surface area contributed by atoms with Gasteiger partial charge in [-0.2, -0.15) is 0 Å². The molecule has 0 atom stereocenters. The number of rotatable bonds is 7. The number of halogens is 1. The number of imide groups is 1. The first-order valence-corrected chi connectivity index (χ1v) is 13.7. The highest BCUT2D eigenvalue weighted by Gasteiger charge is 2.29. The zero-order chi connectivity index (χ0) is 25.9. The first kappa shape index (κ1) is 25.7. The lowest BCUT2D eigenvalue weighted by molar-refractivity contribution is 0.0925. The molecule has 1 aromatic heterocycles. The van der Waals surface area contributed by atoms with Crippen LogP contribution in [0.1, 0.15) is 44.5 Å². The molecular weight excluding hydrogens is 526 g/mol. The van der Waals surface area contributed by atoms with Gasteiger partial charge in [0.1, 0.15) is 5.00 Å². The van der Waals surface area contributed by atoms with Gasteiger partial charge in [-0.25, -0.2) is 13.2 Å². The highest BCUT2D eigenvalue weighted by Crippen LogP contribution is 2.39. The van der Waals surface area contributed by atoms with Crippen molar-refractivity contribution in [3.05, 3.63) is 75.1 Å². The van der Waals surface area contributed by atoms with Crippen molar-refractivity contribution in [2.24, 2.45) is 0 Å². The molecule has 1 aliphatic rings. The van der Waals surface area contributed by atoms with E-state index >= 15 is 0 Å². The van der Waals surface area contributed by atoms with Gasteiger partial charge in [0, 0.05) is 9.90 Å². The van der Waals surface area contributed by atoms with E-state index in [0.717, 1.165) is 23.3 Å². The fourth-order valence-corrected chi connectivity index (χ4v) is 6.30. The molecule has 12 heteroatoms. The number of carbonyl (C=O) groups excluding carboxylic acids is 3. The first-order chi connectivity index (χ1) is 17.2. The molecule has 2 aromatic carbocycles. The number of carbonyl (C=O) groups is 3. The van der Waals surface area contributed by atoms with Crippen molar-refractivity contribution in [3.8, 4) is 0 Å². The van der Waals surface area contributed by atoms with Gasteiger partial charge in [-0.15, -0.1) is 11.3 Å².